The number of rotatable bonds is 6. The molecule has 4 nitrogen and oxygen atoms in total. The largest absolute Gasteiger partial charge is 0.493 e. The summed E-state index contributed by atoms with van der Waals surface area (Å²) >= 11 is 4.05. The molecule has 2 aromatic rings. The van der Waals surface area contributed by atoms with E-state index in [1.54, 1.807) is 32.7 Å². The van der Waals surface area contributed by atoms with Crippen molar-refractivity contribution in [2.24, 2.45) is 0 Å². The molecule has 6 heteroatoms. The van der Waals surface area contributed by atoms with Gasteiger partial charge in [0.2, 0.25) is 5.75 Å². The monoisotopic (exact) mass is 419 g/mol. The second-order valence-corrected chi connectivity index (χ2v) is 7.13. The molecule has 0 spiro atoms. The van der Waals surface area contributed by atoms with E-state index in [4.69, 9.17) is 14.2 Å². The lowest BCUT2D eigenvalue weighted by atomic mass is 9.99. The van der Waals surface area contributed by atoms with Crippen LogP contribution in [0.5, 0.6) is 17.2 Å². The summed E-state index contributed by atoms with van der Waals surface area (Å²) in [5.74, 6) is 1.97. The fraction of sp³-hybridized carbons (Fsp3) is 0.333. The minimum Gasteiger partial charge on any atom is -0.493 e. The highest BCUT2D eigenvalue weighted by molar-refractivity contribution is 14.1. The number of benzene rings is 1. The summed E-state index contributed by atoms with van der Waals surface area (Å²) in [4.78, 5) is 0. The number of hydrogen-bond donors (Lipinski definition) is 1. The molecule has 0 saturated carbocycles. The molecule has 1 aromatic heterocycles. The zero-order chi connectivity index (χ0) is 15.4. The van der Waals surface area contributed by atoms with Crippen LogP contribution in [0, 0.1) is 2.88 Å². The van der Waals surface area contributed by atoms with Gasteiger partial charge in [-0.25, -0.2) is 0 Å². The average molecular weight is 419 g/mol. The van der Waals surface area contributed by atoms with Gasteiger partial charge in [-0.15, -0.1) is 11.3 Å². The molecule has 2 rings (SSSR count). The fourth-order valence-corrected chi connectivity index (χ4v) is 3.73. The summed E-state index contributed by atoms with van der Waals surface area (Å²) in [5.41, 5.74) is 2.23. The van der Waals surface area contributed by atoms with Gasteiger partial charge in [0.15, 0.2) is 11.5 Å². The Bertz CT molecular complexity index is 615. The Morgan fingerprint density at radius 1 is 1.10 bits per heavy atom. The highest BCUT2D eigenvalue weighted by Crippen LogP contribution is 2.43. The maximum Gasteiger partial charge on any atom is 0.203 e. The van der Waals surface area contributed by atoms with Gasteiger partial charge in [-0.3, -0.25) is 0 Å². The molecular formula is C15H18INO3S. The third-order valence-corrected chi connectivity index (χ3v) is 5.06. The van der Waals surface area contributed by atoms with Gasteiger partial charge in [0.05, 0.1) is 30.3 Å². The highest BCUT2D eigenvalue weighted by Gasteiger charge is 2.23. The van der Waals surface area contributed by atoms with Gasteiger partial charge in [-0.2, -0.15) is 0 Å². The number of halogens is 1. The van der Waals surface area contributed by atoms with Crippen molar-refractivity contribution >= 4 is 33.9 Å². The highest BCUT2D eigenvalue weighted by atomic mass is 127. The van der Waals surface area contributed by atoms with E-state index in [0.29, 0.717) is 17.2 Å². The predicted octanol–water partition coefficient (Wildman–Crippen LogP) is 3.69. The first-order valence-electron chi connectivity index (χ1n) is 6.36. The van der Waals surface area contributed by atoms with Crippen LogP contribution in [0.1, 0.15) is 17.2 Å². The Morgan fingerprint density at radius 3 is 2.29 bits per heavy atom. The molecule has 0 aliphatic heterocycles. The van der Waals surface area contributed by atoms with E-state index >= 15 is 0 Å². The van der Waals surface area contributed by atoms with E-state index in [9.17, 15) is 0 Å². The minimum atomic E-state index is 0.0412. The zero-order valence-corrected chi connectivity index (χ0v) is 15.4. The molecule has 1 heterocycles. The quantitative estimate of drug-likeness (QED) is 0.726. The Hall–Kier alpha value is -0.990. The smallest absolute Gasteiger partial charge is 0.203 e. The van der Waals surface area contributed by atoms with Crippen LogP contribution in [0.3, 0.4) is 0 Å². The van der Waals surface area contributed by atoms with Crippen LogP contribution in [-0.4, -0.2) is 28.4 Å². The normalized spacial score (nSPS) is 12.0. The summed E-state index contributed by atoms with van der Waals surface area (Å²) in [7, 11) is 6.82. The lowest BCUT2D eigenvalue weighted by Crippen LogP contribution is -2.18. The molecule has 0 fully saturated rings. The first-order chi connectivity index (χ1) is 10.2. The molecule has 0 radical (unpaired) electrons. The van der Waals surface area contributed by atoms with Crippen molar-refractivity contribution in [3.63, 3.8) is 0 Å². The molecule has 0 aliphatic rings. The van der Waals surface area contributed by atoms with Crippen LogP contribution in [0.15, 0.2) is 23.6 Å². The summed E-state index contributed by atoms with van der Waals surface area (Å²) < 4.78 is 17.6. The molecule has 1 aromatic carbocycles. The van der Waals surface area contributed by atoms with Gasteiger partial charge in [0, 0.05) is 5.56 Å². The molecule has 0 aliphatic carbocycles. The number of hydrogen-bond acceptors (Lipinski definition) is 5. The summed E-state index contributed by atoms with van der Waals surface area (Å²) in [6.45, 7) is 0. The molecule has 1 N–H and O–H groups in total. The summed E-state index contributed by atoms with van der Waals surface area (Å²) in [6.07, 6.45) is 0. The lowest BCUT2D eigenvalue weighted by Gasteiger charge is -2.21. The van der Waals surface area contributed by atoms with Crippen LogP contribution in [-0.2, 0) is 0 Å². The van der Waals surface area contributed by atoms with E-state index < -0.39 is 0 Å². The number of thiophene rings is 1. The number of ether oxygens (including phenoxy) is 3. The molecule has 1 atom stereocenters. The maximum absolute atomic E-state index is 5.58. The van der Waals surface area contributed by atoms with Crippen LogP contribution < -0.4 is 19.5 Å². The van der Waals surface area contributed by atoms with Crippen molar-refractivity contribution in [2.75, 3.05) is 28.4 Å². The van der Waals surface area contributed by atoms with E-state index in [1.807, 2.05) is 19.2 Å². The Balaban J connectivity index is 2.55. The van der Waals surface area contributed by atoms with Gasteiger partial charge in [0.25, 0.3) is 0 Å². The third-order valence-electron chi connectivity index (χ3n) is 3.26. The van der Waals surface area contributed by atoms with Gasteiger partial charge in [-0.05, 0) is 58.8 Å². The van der Waals surface area contributed by atoms with Crippen molar-refractivity contribution in [1.82, 2.24) is 5.32 Å². The van der Waals surface area contributed by atoms with Gasteiger partial charge < -0.3 is 19.5 Å². The first kappa shape index (κ1) is 16.4. The third kappa shape index (κ3) is 3.27. The maximum atomic E-state index is 5.58. The molecule has 114 valence electrons. The first-order valence-corrected chi connectivity index (χ1v) is 8.32. The van der Waals surface area contributed by atoms with E-state index in [0.717, 1.165) is 5.56 Å². The number of nitrogens with one attached hydrogen (secondary N) is 1. The topological polar surface area (TPSA) is 39.7 Å². The molecule has 0 saturated heterocycles. The zero-order valence-electron chi connectivity index (χ0n) is 12.4. The molecule has 0 bridgehead atoms. The molecular weight excluding hydrogens is 401 g/mol. The standard InChI is InChI=1S/C15H18INO3S/c1-17-13(9-7-12(16)21-8-9)10-5-6-11(18-2)15(20-4)14(10)19-3/h5-8,13,17H,1-4H3. The summed E-state index contributed by atoms with van der Waals surface area (Å²) in [5, 5.41) is 5.49. The Morgan fingerprint density at radius 2 is 1.81 bits per heavy atom. The molecule has 0 amide bonds. The van der Waals surface area contributed by atoms with Crippen molar-refractivity contribution in [1.29, 1.82) is 0 Å². The van der Waals surface area contributed by atoms with Crippen molar-refractivity contribution in [2.45, 2.75) is 6.04 Å². The van der Waals surface area contributed by atoms with E-state index in [2.05, 4.69) is 39.4 Å². The second-order valence-electron chi connectivity index (χ2n) is 4.33. The molecule has 1 unspecified atom stereocenters. The van der Waals surface area contributed by atoms with E-state index in [1.165, 1.54) is 8.45 Å². The second kappa shape index (κ2) is 7.33. The van der Waals surface area contributed by atoms with Crippen LogP contribution in [0.25, 0.3) is 0 Å². The Labute approximate surface area is 142 Å². The Kier molecular flexibility index (Phi) is 5.72. The van der Waals surface area contributed by atoms with E-state index in [-0.39, 0.29) is 6.04 Å². The van der Waals surface area contributed by atoms with Crippen molar-refractivity contribution < 1.29 is 14.2 Å². The van der Waals surface area contributed by atoms with Crippen LogP contribution >= 0.6 is 33.9 Å². The SMILES string of the molecule is CNC(c1csc(I)c1)c1ccc(OC)c(OC)c1OC. The average Bonchev–Trinajstić information content (AvgIpc) is 2.93. The predicted molar refractivity (Wildman–Crippen MR) is 94.0 cm³/mol. The molecule has 21 heavy (non-hydrogen) atoms. The minimum absolute atomic E-state index is 0.0412. The number of methoxy groups -OCH3 is 3. The van der Waals surface area contributed by atoms with Gasteiger partial charge >= 0.3 is 0 Å². The van der Waals surface area contributed by atoms with Crippen molar-refractivity contribution in [3.05, 3.63) is 37.6 Å². The lowest BCUT2D eigenvalue weighted by molar-refractivity contribution is 0.320. The van der Waals surface area contributed by atoms with Gasteiger partial charge in [-0.1, -0.05) is 0 Å². The van der Waals surface area contributed by atoms with Crippen LogP contribution in [0.2, 0.25) is 0 Å². The van der Waals surface area contributed by atoms with Crippen LogP contribution in [0.4, 0.5) is 0 Å². The van der Waals surface area contributed by atoms with Gasteiger partial charge in [0.1, 0.15) is 0 Å². The van der Waals surface area contributed by atoms with Crippen molar-refractivity contribution in [3.8, 4) is 17.2 Å². The fourth-order valence-electron chi connectivity index (χ4n) is 2.33. The summed E-state index contributed by atoms with van der Waals surface area (Å²) in [6, 6.07) is 6.12.